The third kappa shape index (κ3) is 2.23. The molecule has 0 saturated heterocycles. The lowest BCUT2D eigenvalue weighted by Crippen LogP contribution is -1.87. The standard InChI is InChI=1S/C9H7BrFNS/c1-2-13-7-4-3-6(5-12)8(10)9(7)11/h3-4H,2H2,1H3. The minimum absolute atomic E-state index is 0.258. The smallest absolute Gasteiger partial charge is 0.152 e. The van der Waals surface area contributed by atoms with Crippen LogP contribution in [0.25, 0.3) is 0 Å². The van der Waals surface area contributed by atoms with Crippen LogP contribution in [0.4, 0.5) is 4.39 Å². The molecule has 1 rings (SSSR count). The van der Waals surface area contributed by atoms with E-state index in [1.807, 2.05) is 13.0 Å². The van der Waals surface area contributed by atoms with Gasteiger partial charge in [-0.2, -0.15) is 5.26 Å². The molecule has 1 nitrogen and oxygen atoms in total. The highest BCUT2D eigenvalue weighted by molar-refractivity contribution is 9.10. The average Bonchev–Trinajstić information content (AvgIpc) is 2.14. The summed E-state index contributed by atoms with van der Waals surface area (Å²) in [6.45, 7) is 1.95. The van der Waals surface area contributed by atoms with Crippen LogP contribution in [0.2, 0.25) is 0 Å². The van der Waals surface area contributed by atoms with Crippen molar-refractivity contribution >= 4 is 27.7 Å². The van der Waals surface area contributed by atoms with Gasteiger partial charge in [0.2, 0.25) is 0 Å². The molecule has 0 unspecified atom stereocenters. The van der Waals surface area contributed by atoms with Crippen LogP contribution in [0.3, 0.4) is 0 Å². The van der Waals surface area contributed by atoms with E-state index < -0.39 is 0 Å². The van der Waals surface area contributed by atoms with Crippen molar-refractivity contribution < 1.29 is 4.39 Å². The van der Waals surface area contributed by atoms with Crippen molar-refractivity contribution in [2.45, 2.75) is 11.8 Å². The molecule has 0 heterocycles. The van der Waals surface area contributed by atoms with E-state index in [1.54, 1.807) is 12.1 Å². The van der Waals surface area contributed by atoms with E-state index in [4.69, 9.17) is 5.26 Å². The number of nitriles is 1. The summed E-state index contributed by atoms with van der Waals surface area (Å²) in [7, 11) is 0. The molecule has 0 aliphatic heterocycles. The normalized spacial score (nSPS) is 9.69. The predicted molar refractivity (Wildman–Crippen MR) is 55.2 cm³/mol. The first kappa shape index (κ1) is 10.6. The Morgan fingerprint density at radius 1 is 1.62 bits per heavy atom. The Morgan fingerprint density at radius 2 is 2.31 bits per heavy atom. The second kappa shape index (κ2) is 4.64. The van der Waals surface area contributed by atoms with Crippen LogP contribution in [-0.4, -0.2) is 5.75 Å². The third-order valence-electron chi connectivity index (χ3n) is 1.47. The molecule has 1 aromatic carbocycles. The van der Waals surface area contributed by atoms with Gasteiger partial charge in [0, 0.05) is 4.90 Å². The Hall–Kier alpha value is -0.530. The summed E-state index contributed by atoms with van der Waals surface area (Å²) >= 11 is 4.47. The Kier molecular flexibility index (Phi) is 3.76. The maximum atomic E-state index is 13.4. The maximum absolute atomic E-state index is 13.4. The van der Waals surface area contributed by atoms with Gasteiger partial charge >= 0.3 is 0 Å². The van der Waals surface area contributed by atoms with Gasteiger partial charge < -0.3 is 0 Å². The summed E-state index contributed by atoms with van der Waals surface area (Å²) in [6.07, 6.45) is 0. The van der Waals surface area contributed by atoms with E-state index >= 15 is 0 Å². The Balaban J connectivity index is 3.17. The SMILES string of the molecule is CCSc1ccc(C#N)c(Br)c1F. The molecule has 0 bridgehead atoms. The summed E-state index contributed by atoms with van der Waals surface area (Å²) < 4.78 is 13.7. The second-order valence-corrected chi connectivity index (χ2v) is 4.38. The lowest BCUT2D eigenvalue weighted by atomic mass is 10.2. The van der Waals surface area contributed by atoms with E-state index in [0.717, 1.165) is 5.75 Å². The van der Waals surface area contributed by atoms with E-state index in [-0.39, 0.29) is 10.3 Å². The van der Waals surface area contributed by atoms with Gasteiger partial charge in [0.25, 0.3) is 0 Å². The van der Waals surface area contributed by atoms with Crippen LogP contribution >= 0.6 is 27.7 Å². The summed E-state index contributed by atoms with van der Waals surface area (Å²) in [4.78, 5) is 0.577. The molecule has 0 N–H and O–H groups in total. The van der Waals surface area contributed by atoms with Gasteiger partial charge in [-0.05, 0) is 33.8 Å². The predicted octanol–water partition coefficient (Wildman–Crippen LogP) is 3.57. The van der Waals surface area contributed by atoms with Gasteiger partial charge in [0.05, 0.1) is 10.0 Å². The molecule has 0 atom stereocenters. The van der Waals surface area contributed by atoms with Crippen molar-refractivity contribution in [1.29, 1.82) is 5.26 Å². The van der Waals surface area contributed by atoms with Gasteiger partial charge in [-0.1, -0.05) is 6.92 Å². The van der Waals surface area contributed by atoms with E-state index in [2.05, 4.69) is 15.9 Å². The Bertz CT molecular complexity index is 359. The van der Waals surface area contributed by atoms with Crippen molar-refractivity contribution in [3.63, 3.8) is 0 Å². The van der Waals surface area contributed by atoms with Gasteiger partial charge in [-0.25, -0.2) is 4.39 Å². The lowest BCUT2D eigenvalue weighted by molar-refractivity contribution is 0.594. The minimum atomic E-state index is -0.342. The van der Waals surface area contributed by atoms with Crippen LogP contribution < -0.4 is 0 Å². The zero-order valence-electron chi connectivity index (χ0n) is 6.97. The molecule has 0 amide bonds. The number of halogens is 2. The molecule has 0 aliphatic carbocycles. The Labute approximate surface area is 89.1 Å². The number of benzene rings is 1. The first-order valence-electron chi connectivity index (χ1n) is 3.71. The molecule has 4 heteroatoms. The summed E-state index contributed by atoms with van der Waals surface area (Å²) in [5.74, 6) is 0.473. The van der Waals surface area contributed by atoms with Crippen molar-refractivity contribution in [3.8, 4) is 6.07 Å². The second-order valence-electron chi connectivity index (χ2n) is 2.28. The van der Waals surface area contributed by atoms with Crippen molar-refractivity contribution in [2.24, 2.45) is 0 Å². The number of thioether (sulfide) groups is 1. The van der Waals surface area contributed by atoms with Crippen LogP contribution in [0.1, 0.15) is 12.5 Å². The molecule has 0 spiro atoms. The first-order valence-corrected chi connectivity index (χ1v) is 5.49. The highest BCUT2D eigenvalue weighted by Gasteiger charge is 2.10. The number of hydrogen-bond acceptors (Lipinski definition) is 2. The highest BCUT2D eigenvalue weighted by Crippen LogP contribution is 2.29. The van der Waals surface area contributed by atoms with Crippen molar-refractivity contribution in [1.82, 2.24) is 0 Å². The molecule has 0 radical (unpaired) electrons. The van der Waals surface area contributed by atoms with Crippen molar-refractivity contribution in [3.05, 3.63) is 28.0 Å². The zero-order valence-corrected chi connectivity index (χ0v) is 9.38. The molecule has 1 aromatic rings. The third-order valence-corrected chi connectivity index (χ3v) is 3.16. The molecule has 13 heavy (non-hydrogen) atoms. The molecular formula is C9H7BrFNS. The quantitative estimate of drug-likeness (QED) is 0.759. The average molecular weight is 260 g/mol. The molecule has 0 fully saturated rings. The summed E-state index contributed by atoms with van der Waals surface area (Å²) in [6, 6.07) is 5.16. The van der Waals surface area contributed by atoms with Crippen LogP contribution in [0.5, 0.6) is 0 Å². The maximum Gasteiger partial charge on any atom is 0.152 e. The van der Waals surface area contributed by atoms with Crippen LogP contribution in [0.15, 0.2) is 21.5 Å². The van der Waals surface area contributed by atoms with Gasteiger partial charge in [0.1, 0.15) is 6.07 Å². The molecule has 68 valence electrons. The molecule has 0 saturated carbocycles. The summed E-state index contributed by atoms with van der Waals surface area (Å²) in [5.41, 5.74) is 0.331. The fourth-order valence-electron chi connectivity index (χ4n) is 0.885. The number of rotatable bonds is 2. The van der Waals surface area contributed by atoms with Crippen LogP contribution in [0, 0.1) is 17.1 Å². The molecule has 0 aromatic heterocycles. The number of hydrogen-bond donors (Lipinski definition) is 0. The monoisotopic (exact) mass is 259 g/mol. The lowest BCUT2D eigenvalue weighted by Gasteiger charge is -2.03. The summed E-state index contributed by atoms with van der Waals surface area (Å²) in [5, 5.41) is 8.61. The van der Waals surface area contributed by atoms with Gasteiger partial charge in [0.15, 0.2) is 5.82 Å². The first-order chi connectivity index (χ1) is 6.20. The fourth-order valence-corrected chi connectivity index (χ4v) is 2.15. The Morgan fingerprint density at radius 3 is 2.85 bits per heavy atom. The largest absolute Gasteiger partial charge is 0.204 e. The van der Waals surface area contributed by atoms with E-state index in [9.17, 15) is 4.39 Å². The van der Waals surface area contributed by atoms with Crippen LogP contribution in [-0.2, 0) is 0 Å². The number of nitrogens with zero attached hydrogens (tertiary/aromatic N) is 1. The van der Waals surface area contributed by atoms with E-state index in [1.165, 1.54) is 11.8 Å². The molecular weight excluding hydrogens is 253 g/mol. The van der Waals surface area contributed by atoms with E-state index in [0.29, 0.717) is 10.5 Å². The fraction of sp³-hybridized carbons (Fsp3) is 0.222. The topological polar surface area (TPSA) is 23.8 Å². The molecule has 0 aliphatic rings. The minimum Gasteiger partial charge on any atom is -0.204 e. The zero-order chi connectivity index (χ0) is 9.84. The van der Waals surface area contributed by atoms with Crippen molar-refractivity contribution in [2.75, 3.05) is 5.75 Å². The van der Waals surface area contributed by atoms with Gasteiger partial charge in [-0.15, -0.1) is 11.8 Å². The van der Waals surface area contributed by atoms with Gasteiger partial charge in [-0.3, -0.25) is 0 Å². The highest BCUT2D eigenvalue weighted by atomic mass is 79.9.